The molecule has 0 saturated carbocycles. The van der Waals surface area contributed by atoms with Crippen LogP contribution in [-0.2, 0) is 22.1 Å². The van der Waals surface area contributed by atoms with Crippen LogP contribution in [0, 0.1) is 0 Å². The van der Waals surface area contributed by atoms with Crippen LogP contribution in [-0.4, -0.2) is 28.0 Å². The fourth-order valence-electron chi connectivity index (χ4n) is 3.09. The molecule has 0 amide bonds. The van der Waals surface area contributed by atoms with E-state index in [0.717, 1.165) is 6.20 Å². The van der Waals surface area contributed by atoms with Crippen molar-refractivity contribution in [3.8, 4) is 22.5 Å². The van der Waals surface area contributed by atoms with Crippen molar-refractivity contribution >= 4 is 27.3 Å². The van der Waals surface area contributed by atoms with E-state index in [-0.39, 0.29) is 22.0 Å². The van der Waals surface area contributed by atoms with Gasteiger partial charge in [0.15, 0.2) is 11.3 Å². The monoisotopic (exact) mass is 467 g/mol. The first-order valence-electron chi connectivity index (χ1n) is 8.69. The number of alkyl halides is 4. The van der Waals surface area contributed by atoms with Crippen molar-refractivity contribution in [2.24, 2.45) is 5.14 Å². The van der Waals surface area contributed by atoms with Crippen LogP contribution in [0.15, 0.2) is 59.8 Å². The molecule has 160 valence electrons. The number of hydrogen-bond acceptors (Lipinski definition) is 5. The van der Waals surface area contributed by atoms with Crippen LogP contribution in [0.3, 0.4) is 0 Å². The molecule has 0 radical (unpaired) electrons. The van der Waals surface area contributed by atoms with Gasteiger partial charge in [0.2, 0.25) is 10.0 Å². The number of nitrogens with zero attached hydrogens (tertiary/aromatic N) is 4. The number of halogens is 4. The summed E-state index contributed by atoms with van der Waals surface area (Å²) in [7, 11) is -4.02. The van der Waals surface area contributed by atoms with Crippen molar-refractivity contribution in [2.75, 3.05) is 0 Å². The molecule has 31 heavy (non-hydrogen) atoms. The Morgan fingerprint density at radius 2 is 1.87 bits per heavy atom. The summed E-state index contributed by atoms with van der Waals surface area (Å²) in [5, 5.41) is 9.49. The zero-order chi connectivity index (χ0) is 22.4. The topological polar surface area (TPSA) is 103 Å². The fourth-order valence-corrected chi connectivity index (χ4v) is 4.20. The van der Waals surface area contributed by atoms with Crippen molar-refractivity contribution < 1.29 is 21.6 Å². The van der Waals surface area contributed by atoms with Gasteiger partial charge in [-0.1, -0.05) is 12.1 Å². The standard InChI is InChI=1S/C19H13ClF3N5O2S/c20-9-12-4-3-11(8-16(12)31(24,29)30)15-10-28-17(26-15)6-5-14(27-28)13-2-1-7-25-18(13)19(21,22)23/h1-8,10H,9H2,(H2,24,29,30). The quantitative estimate of drug-likeness (QED) is 0.459. The zero-order valence-electron chi connectivity index (χ0n) is 15.5. The van der Waals surface area contributed by atoms with Crippen molar-refractivity contribution in [3.05, 3.63) is 66.1 Å². The lowest BCUT2D eigenvalue weighted by Gasteiger charge is -2.10. The molecule has 0 fully saturated rings. The molecule has 0 aliphatic rings. The molecular formula is C19H13ClF3N5O2S. The van der Waals surface area contributed by atoms with E-state index in [1.807, 2.05) is 0 Å². The third-order valence-corrected chi connectivity index (χ3v) is 5.77. The Morgan fingerprint density at radius 3 is 2.55 bits per heavy atom. The van der Waals surface area contributed by atoms with E-state index < -0.39 is 21.9 Å². The third kappa shape index (κ3) is 4.11. The molecule has 7 nitrogen and oxygen atoms in total. The number of rotatable bonds is 4. The van der Waals surface area contributed by atoms with Crippen LogP contribution in [0.2, 0.25) is 0 Å². The summed E-state index contributed by atoms with van der Waals surface area (Å²) in [4.78, 5) is 7.67. The molecule has 2 N–H and O–H groups in total. The number of pyridine rings is 1. The van der Waals surface area contributed by atoms with Crippen molar-refractivity contribution in [1.29, 1.82) is 0 Å². The normalized spacial score (nSPS) is 12.4. The van der Waals surface area contributed by atoms with Gasteiger partial charge in [0, 0.05) is 23.2 Å². The molecule has 3 heterocycles. The molecule has 0 saturated heterocycles. The number of fused-ring (bicyclic) bond motifs is 1. The highest BCUT2D eigenvalue weighted by Gasteiger charge is 2.35. The van der Waals surface area contributed by atoms with Crippen LogP contribution in [0.1, 0.15) is 11.3 Å². The molecule has 1 aromatic carbocycles. The number of benzene rings is 1. The van der Waals surface area contributed by atoms with Gasteiger partial charge in [-0.2, -0.15) is 18.3 Å². The molecule has 12 heteroatoms. The highest BCUT2D eigenvalue weighted by atomic mass is 35.5. The fraction of sp³-hybridized carbons (Fsp3) is 0.105. The lowest BCUT2D eigenvalue weighted by molar-refractivity contribution is -0.140. The second kappa shape index (κ2) is 7.59. The maximum atomic E-state index is 13.3. The van der Waals surface area contributed by atoms with Gasteiger partial charge in [0.1, 0.15) is 0 Å². The van der Waals surface area contributed by atoms with Crippen molar-refractivity contribution in [2.45, 2.75) is 17.0 Å². The van der Waals surface area contributed by atoms with E-state index in [2.05, 4.69) is 15.1 Å². The second-order valence-electron chi connectivity index (χ2n) is 6.55. The van der Waals surface area contributed by atoms with E-state index >= 15 is 0 Å². The minimum atomic E-state index is -4.64. The minimum absolute atomic E-state index is 0.0469. The minimum Gasteiger partial charge on any atom is -0.251 e. The molecule has 4 rings (SSSR count). The summed E-state index contributed by atoms with van der Waals surface area (Å²) in [6.07, 6.45) is -2.10. The van der Waals surface area contributed by atoms with Gasteiger partial charge in [-0.15, -0.1) is 11.6 Å². The molecule has 0 atom stereocenters. The Bertz CT molecular complexity index is 1400. The number of hydrogen-bond donors (Lipinski definition) is 1. The molecule has 0 aliphatic carbocycles. The Labute approximate surface area is 179 Å². The Hall–Kier alpha value is -3.02. The predicted octanol–water partition coefficient (Wildman–Crippen LogP) is 3.86. The summed E-state index contributed by atoms with van der Waals surface area (Å²) < 4.78 is 64.9. The smallest absolute Gasteiger partial charge is 0.251 e. The highest BCUT2D eigenvalue weighted by Crippen LogP contribution is 2.34. The second-order valence-corrected chi connectivity index (χ2v) is 8.34. The van der Waals surface area contributed by atoms with Crippen LogP contribution in [0.25, 0.3) is 28.2 Å². The lowest BCUT2D eigenvalue weighted by Crippen LogP contribution is -2.14. The molecular weight excluding hydrogens is 455 g/mol. The Morgan fingerprint density at radius 1 is 1.10 bits per heavy atom. The maximum Gasteiger partial charge on any atom is 0.434 e. The van der Waals surface area contributed by atoms with Crippen molar-refractivity contribution in [1.82, 2.24) is 19.6 Å². The molecule has 0 bridgehead atoms. The molecule has 4 aromatic rings. The van der Waals surface area contributed by atoms with E-state index in [9.17, 15) is 21.6 Å². The van der Waals surface area contributed by atoms with E-state index in [1.165, 1.54) is 47.1 Å². The lowest BCUT2D eigenvalue weighted by atomic mass is 10.1. The third-order valence-electron chi connectivity index (χ3n) is 4.49. The largest absolute Gasteiger partial charge is 0.434 e. The van der Waals surface area contributed by atoms with Crippen LogP contribution in [0.4, 0.5) is 13.2 Å². The van der Waals surface area contributed by atoms with Crippen LogP contribution >= 0.6 is 11.6 Å². The molecule has 0 aliphatic heterocycles. The number of primary sulfonamides is 1. The van der Waals surface area contributed by atoms with Gasteiger partial charge >= 0.3 is 6.18 Å². The van der Waals surface area contributed by atoms with Gasteiger partial charge in [-0.25, -0.2) is 23.1 Å². The average Bonchev–Trinajstić information content (AvgIpc) is 3.15. The summed E-state index contributed by atoms with van der Waals surface area (Å²) in [6, 6.07) is 10.1. The number of imidazole rings is 1. The first-order valence-corrected chi connectivity index (χ1v) is 10.8. The van der Waals surface area contributed by atoms with Gasteiger partial charge in [0.25, 0.3) is 0 Å². The molecule has 3 aromatic heterocycles. The molecule has 0 spiro atoms. The van der Waals surface area contributed by atoms with Gasteiger partial charge < -0.3 is 0 Å². The zero-order valence-corrected chi connectivity index (χ0v) is 17.1. The predicted molar refractivity (Wildman–Crippen MR) is 108 cm³/mol. The van der Waals surface area contributed by atoms with E-state index in [4.69, 9.17) is 16.7 Å². The summed E-state index contributed by atoms with van der Waals surface area (Å²) in [6.45, 7) is 0. The molecule has 0 unspecified atom stereocenters. The van der Waals surface area contributed by atoms with Gasteiger partial charge in [-0.05, 0) is 35.9 Å². The van der Waals surface area contributed by atoms with Gasteiger partial charge in [-0.3, -0.25) is 4.98 Å². The first-order chi connectivity index (χ1) is 14.6. The highest BCUT2D eigenvalue weighted by molar-refractivity contribution is 7.89. The Balaban J connectivity index is 1.82. The maximum absolute atomic E-state index is 13.3. The summed E-state index contributed by atoms with van der Waals surface area (Å²) in [5.41, 5.74) is 0.328. The average molecular weight is 468 g/mol. The number of aromatic nitrogens is 4. The summed E-state index contributed by atoms with van der Waals surface area (Å²) >= 11 is 5.79. The van der Waals surface area contributed by atoms with Gasteiger partial charge in [0.05, 0.1) is 22.5 Å². The number of sulfonamides is 1. The van der Waals surface area contributed by atoms with Crippen LogP contribution in [0.5, 0.6) is 0 Å². The summed E-state index contributed by atoms with van der Waals surface area (Å²) in [5.74, 6) is -0.0469. The van der Waals surface area contributed by atoms with Crippen LogP contribution < -0.4 is 5.14 Å². The Kier molecular flexibility index (Phi) is 5.20. The van der Waals surface area contributed by atoms with E-state index in [0.29, 0.717) is 22.5 Å². The SMILES string of the molecule is NS(=O)(=O)c1cc(-c2cn3nc(-c4cccnc4C(F)(F)F)ccc3n2)ccc1CCl. The number of nitrogens with two attached hydrogens (primary N) is 1. The van der Waals surface area contributed by atoms with Crippen molar-refractivity contribution in [3.63, 3.8) is 0 Å². The van der Waals surface area contributed by atoms with E-state index in [1.54, 1.807) is 6.07 Å². The first kappa shape index (κ1) is 21.2.